The Hall–Kier alpha value is -3.91. The molecule has 7 nitrogen and oxygen atoms in total. The zero-order chi connectivity index (χ0) is 23.1. The molecule has 0 bridgehead atoms. The number of aryl methyl sites for hydroxylation is 3. The van der Waals surface area contributed by atoms with Gasteiger partial charge in [0.25, 0.3) is 5.91 Å². The van der Waals surface area contributed by atoms with Crippen molar-refractivity contribution >= 4 is 43.6 Å². The molecule has 5 aromatic rings. The molecule has 0 saturated heterocycles. The van der Waals surface area contributed by atoms with E-state index in [0.29, 0.717) is 21.9 Å². The number of nitrogens with one attached hydrogen (secondary N) is 1. The third kappa shape index (κ3) is 4.01. The molecule has 33 heavy (non-hydrogen) atoms. The minimum absolute atomic E-state index is 0.0734. The second kappa shape index (κ2) is 8.22. The molecule has 2 aromatic carbocycles. The molecule has 0 unspecified atom stereocenters. The maximum Gasteiger partial charge on any atom is 0.264 e. The molecule has 0 atom stereocenters. The first kappa shape index (κ1) is 21.0. The van der Waals surface area contributed by atoms with Crippen molar-refractivity contribution in [2.45, 2.75) is 20.8 Å². The van der Waals surface area contributed by atoms with Crippen LogP contribution in [0.2, 0.25) is 0 Å². The fourth-order valence-corrected chi connectivity index (χ4v) is 4.38. The Morgan fingerprint density at radius 1 is 1.12 bits per heavy atom. The van der Waals surface area contributed by atoms with E-state index in [-0.39, 0.29) is 23.5 Å². The molecule has 166 valence electrons. The number of anilines is 1. The van der Waals surface area contributed by atoms with Gasteiger partial charge in [0.15, 0.2) is 17.5 Å². The predicted octanol–water partition coefficient (Wildman–Crippen LogP) is 5.61. The fourth-order valence-electron chi connectivity index (χ4n) is 3.52. The number of thiazole rings is 1. The van der Waals surface area contributed by atoms with Crippen LogP contribution in [-0.2, 0) is 4.79 Å². The first-order valence-electron chi connectivity index (χ1n) is 10.3. The van der Waals surface area contributed by atoms with Crippen molar-refractivity contribution in [1.82, 2.24) is 4.98 Å². The molecule has 0 fully saturated rings. The number of hydrogen-bond donors (Lipinski definition) is 1. The van der Waals surface area contributed by atoms with Crippen LogP contribution < -0.4 is 15.5 Å². The van der Waals surface area contributed by atoms with Crippen molar-refractivity contribution in [2.75, 3.05) is 11.9 Å². The van der Waals surface area contributed by atoms with E-state index < -0.39 is 5.91 Å². The first-order chi connectivity index (χ1) is 15.9. The lowest BCUT2D eigenvalue weighted by Crippen LogP contribution is -2.22. The number of nitrogens with zero attached hydrogens (tertiary/aromatic N) is 1. The average molecular weight is 461 g/mol. The third-order valence-electron chi connectivity index (χ3n) is 5.35. The summed E-state index contributed by atoms with van der Waals surface area (Å²) in [5.74, 6) is -0.0280. The highest BCUT2D eigenvalue weighted by molar-refractivity contribution is 7.22. The number of carbonyl (C=O) groups excluding carboxylic acids is 1. The number of fused-ring (bicyclic) bond motifs is 2. The van der Waals surface area contributed by atoms with Crippen molar-refractivity contribution in [2.24, 2.45) is 0 Å². The summed E-state index contributed by atoms with van der Waals surface area (Å²) in [6.45, 7) is 5.46. The summed E-state index contributed by atoms with van der Waals surface area (Å²) in [5.41, 5.74) is 3.92. The van der Waals surface area contributed by atoms with Gasteiger partial charge in [-0.3, -0.25) is 14.9 Å². The molecular weight excluding hydrogens is 440 g/mol. The normalized spacial score (nSPS) is 11.2. The summed E-state index contributed by atoms with van der Waals surface area (Å²) in [6.07, 6.45) is 1.48. The van der Waals surface area contributed by atoms with Crippen LogP contribution in [0.3, 0.4) is 0 Å². The van der Waals surface area contributed by atoms with Gasteiger partial charge in [0.1, 0.15) is 5.58 Å². The first-order valence-corrected chi connectivity index (χ1v) is 11.1. The van der Waals surface area contributed by atoms with Gasteiger partial charge in [-0.05, 0) is 73.9 Å². The topological polar surface area (TPSA) is 94.6 Å². The van der Waals surface area contributed by atoms with Crippen LogP contribution in [0.5, 0.6) is 5.75 Å². The fraction of sp³-hybridized carbons (Fsp3) is 0.160. The van der Waals surface area contributed by atoms with E-state index in [4.69, 9.17) is 13.6 Å². The Bertz CT molecular complexity index is 1560. The number of aromatic nitrogens is 1. The van der Waals surface area contributed by atoms with Crippen molar-refractivity contribution < 1.29 is 18.4 Å². The average Bonchev–Trinajstić information content (AvgIpc) is 3.44. The van der Waals surface area contributed by atoms with Crippen LogP contribution in [-0.4, -0.2) is 17.5 Å². The van der Waals surface area contributed by atoms with Gasteiger partial charge in [-0.25, -0.2) is 4.98 Å². The van der Waals surface area contributed by atoms with Crippen molar-refractivity contribution in [3.8, 4) is 17.3 Å². The van der Waals surface area contributed by atoms with Crippen LogP contribution >= 0.6 is 11.3 Å². The Morgan fingerprint density at radius 3 is 2.73 bits per heavy atom. The molecule has 5 rings (SSSR count). The molecule has 0 aliphatic heterocycles. The number of ether oxygens (including phenoxy) is 1. The zero-order valence-electron chi connectivity index (χ0n) is 18.2. The van der Waals surface area contributed by atoms with E-state index in [1.54, 1.807) is 18.2 Å². The lowest BCUT2D eigenvalue weighted by atomic mass is 10.1. The van der Waals surface area contributed by atoms with E-state index in [1.165, 1.54) is 17.6 Å². The molecule has 3 aromatic heterocycles. The minimum atomic E-state index is -0.434. The Labute approximate surface area is 192 Å². The summed E-state index contributed by atoms with van der Waals surface area (Å²) >= 11 is 1.37. The quantitative estimate of drug-likeness (QED) is 0.367. The molecule has 1 amide bonds. The Kier molecular flexibility index (Phi) is 5.22. The van der Waals surface area contributed by atoms with Gasteiger partial charge in [0, 0.05) is 0 Å². The Morgan fingerprint density at radius 2 is 1.94 bits per heavy atom. The van der Waals surface area contributed by atoms with Crippen molar-refractivity contribution in [3.05, 3.63) is 75.6 Å². The van der Waals surface area contributed by atoms with Gasteiger partial charge in [-0.1, -0.05) is 17.4 Å². The monoisotopic (exact) mass is 460 g/mol. The predicted molar refractivity (Wildman–Crippen MR) is 128 cm³/mol. The van der Waals surface area contributed by atoms with Gasteiger partial charge in [0.2, 0.25) is 16.9 Å². The smallest absolute Gasteiger partial charge is 0.264 e. The Balaban J connectivity index is 1.45. The lowest BCUT2D eigenvalue weighted by molar-refractivity contribution is -0.118. The van der Waals surface area contributed by atoms with E-state index >= 15 is 0 Å². The third-order valence-corrected chi connectivity index (χ3v) is 6.30. The summed E-state index contributed by atoms with van der Waals surface area (Å²) < 4.78 is 18.1. The van der Waals surface area contributed by atoms with Crippen LogP contribution in [0.1, 0.15) is 16.7 Å². The zero-order valence-corrected chi connectivity index (χ0v) is 19.0. The molecule has 3 heterocycles. The van der Waals surface area contributed by atoms with E-state index in [2.05, 4.69) is 10.3 Å². The lowest BCUT2D eigenvalue weighted by Gasteiger charge is -2.11. The second-order valence-electron chi connectivity index (χ2n) is 7.83. The van der Waals surface area contributed by atoms with E-state index in [9.17, 15) is 9.59 Å². The van der Waals surface area contributed by atoms with Gasteiger partial charge in [-0.2, -0.15) is 0 Å². The largest absolute Gasteiger partial charge is 0.476 e. The summed E-state index contributed by atoms with van der Waals surface area (Å²) in [5, 5.41) is 3.58. The van der Waals surface area contributed by atoms with Gasteiger partial charge < -0.3 is 13.6 Å². The number of benzene rings is 2. The van der Waals surface area contributed by atoms with Crippen LogP contribution in [0, 0.1) is 20.8 Å². The molecule has 0 aliphatic carbocycles. The minimum Gasteiger partial charge on any atom is -0.476 e. The van der Waals surface area contributed by atoms with Gasteiger partial charge in [0.05, 0.1) is 21.9 Å². The number of amides is 1. The maximum atomic E-state index is 13.3. The van der Waals surface area contributed by atoms with Gasteiger partial charge in [-0.15, -0.1) is 0 Å². The molecule has 0 aliphatic rings. The highest BCUT2D eigenvalue weighted by Gasteiger charge is 2.21. The molecule has 0 saturated carbocycles. The summed E-state index contributed by atoms with van der Waals surface area (Å²) in [7, 11) is 0. The number of furan rings is 1. The van der Waals surface area contributed by atoms with Crippen LogP contribution in [0.4, 0.5) is 5.13 Å². The standard InChI is InChI=1S/C25H20N2O5S/c1-13-6-7-20-17(9-13)26-25(33-20)27-21(28)12-31-24-22(29)16-10-14(2)15(3)11-19(16)32-23(24)18-5-4-8-30-18/h4-11H,12H2,1-3H3,(H,26,27,28). The van der Waals surface area contributed by atoms with Crippen molar-refractivity contribution in [1.29, 1.82) is 0 Å². The molecule has 0 radical (unpaired) electrons. The van der Waals surface area contributed by atoms with E-state index in [0.717, 1.165) is 26.9 Å². The number of carbonyl (C=O) groups is 1. The molecule has 0 spiro atoms. The molecule has 8 heteroatoms. The molecular formula is C25H20N2O5S. The highest BCUT2D eigenvalue weighted by Crippen LogP contribution is 2.32. The van der Waals surface area contributed by atoms with Crippen LogP contribution in [0.25, 0.3) is 32.7 Å². The van der Waals surface area contributed by atoms with Crippen LogP contribution in [0.15, 0.2) is 62.4 Å². The molecule has 1 N–H and O–H groups in total. The van der Waals surface area contributed by atoms with Crippen molar-refractivity contribution in [3.63, 3.8) is 0 Å². The highest BCUT2D eigenvalue weighted by atomic mass is 32.1. The summed E-state index contributed by atoms with van der Waals surface area (Å²) in [6, 6.07) is 12.8. The SMILES string of the molecule is Cc1ccc2sc(NC(=O)COc3c(-c4ccco4)oc4cc(C)c(C)cc4c3=O)nc2c1. The second-order valence-corrected chi connectivity index (χ2v) is 8.86. The number of rotatable bonds is 5. The van der Waals surface area contributed by atoms with E-state index in [1.807, 2.05) is 45.0 Å². The van der Waals surface area contributed by atoms with Gasteiger partial charge >= 0.3 is 0 Å². The summed E-state index contributed by atoms with van der Waals surface area (Å²) in [4.78, 5) is 30.3. The maximum absolute atomic E-state index is 13.3. The number of hydrogen-bond acceptors (Lipinski definition) is 7.